The highest BCUT2D eigenvalue weighted by atomic mass is 19.4. The Morgan fingerprint density at radius 3 is 2.61 bits per heavy atom. The molecule has 0 amide bonds. The minimum absolute atomic E-state index is 0.213. The van der Waals surface area contributed by atoms with Crippen molar-refractivity contribution in [3.8, 4) is 11.5 Å². The van der Waals surface area contributed by atoms with Gasteiger partial charge in [-0.15, -0.1) is 13.2 Å². The van der Waals surface area contributed by atoms with Crippen molar-refractivity contribution in [2.24, 2.45) is 11.7 Å². The molecule has 0 aromatic heterocycles. The molecule has 2 atom stereocenters. The molecule has 3 rings (SSSR count). The summed E-state index contributed by atoms with van der Waals surface area (Å²) in [5.74, 6) is 0.709. The zero-order chi connectivity index (χ0) is 22.3. The lowest BCUT2D eigenvalue weighted by molar-refractivity contribution is -0.274. The zero-order valence-electron chi connectivity index (χ0n) is 17.5. The summed E-state index contributed by atoms with van der Waals surface area (Å²) in [7, 11) is 0. The van der Waals surface area contributed by atoms with E-state index in [9.17, 15) is 13.2 Å². The maximum atomic E-state index is 12.4. The van der Waals surface area contributed by atoms with Gasteiger partial charge in [0, 0.05) is 12.7 Å². The molecule has 0 aliphatic heterocycles. The van der Waals surface area contributed by atoms with Gasteiger partial charge in [-0.2, -0.15) is 0 Å². The van der Waals surface area contributed by atoms with E-state index in [2.05, 4.69) is 22.9 Å². The molecule has 7 heteroatoms. The average Bonchev–Trinajstić information content (AvgIpc) is 2.74. The third-order valence-electron chi connectivity index (χ3n) is 5.80. The lowest BCUT2D eigenvalue weighted by Gasteiger charge is -2.26. The molecule has 1 aliphatic rings. The molecule has 4 nitrogen and oxygen atoms in total. The minimum atomic E-state index is -4.72. The molecule has 0 saturated heterocycles. The van der Waals surface area contributed by atoms with Gasteiger partial charge in [-0.05, 0) is 79.3 Å². The second-order valence-electron chi connectivity index (χ2n) is 8.12. The molecule has 0 unspecified atom stereocenters. The Morgan fingerprint density at radius 1 is 1.06 bits per heavy atom. The number of ether oxygens (including phenoxy) is 2. The van der Waals surface area contributed by atoms with Gasteiger partial charge < -0.3 is 20.3 Å². The summed E-state index contributed by atoms with van der Waals surface area (Å²) in [6, 6.07) is 12.2. The third kappa shape index (κ3) is 7.14. The summed E-state index contributed by atoms with van der Waals surface area (Å²) < 4.78 is 46.9. The highest BCUT2D eigenvalue weighted by Gasteiger charge is 2.31. The number of rotatable bonds is 10. The van der Waals surface area contributed by atoms with E-state index in [0.29, 0.717) is 30.7 Å². The molecule has 2 aromatic carbocycles. The Morgan fingerprint density at radius 2 is 1.87 bits per heavy atom. The number of aliphatic hydroxyl groups is 1. The van der Waals surface area contributed by atoms with Crippen molar-refractivity contribution in [2.45, 2.75) is 50.8 Å². The summed E-state index contributed by atoms with van der Waals surface area (Å²) >= 11 is 0. The lowest BCUT2D eigenvalue weighted by atomic mass is 9.81. The molecule has 1 aliphatic carbocycles. The second kappa shape index (κ2) is 10.9. The van der Waals surface area contributed by atoms with Crippen molar-refractivity contribution in [3.63, 3.8) is 0 Å². The van der Waals surface area contributed by atoms with Crippen LogP contribution in [0.3, 0.4) is 0 Å². The normalized spacial score (nSPS) is 17.1. The predicted molar refractivity (Wildman–Crippen MR) is 113 cm³/mol. The van der Waals surface area contributed by atoms with Crippen LogP contribution in [0.2, 0.25) is 0 Å². The Hall–Kier alpha value is -2.25. The topological polar surface area (TPSA) is 64.7 Å². The van der Waals surface area contributed by atoms with Gasteiger partial charge in [0.05, 0.1) is 6.61 Å². The van der Waals surface area contributed by atoms with Crippen LogP contribution in [0.1, 0.15) is 48.3 Å². The molecule has 2 aromatic rings. The number of benzene rings is 2. The molecule has 31 heavy (non-hydrogen) atoms. The highest BCUT2D eigenvalue weighted by Crippen LogP contribution is 2.31. The van der Waals surface area contributed by atoms with Gasteiger partial charge in [0.25, 0.3) is 0 Å². The van der Waals surface area contributed by atoms with E-state index in [1.54, 1.807) is 6.07 Å². The molecule has 0 spiro atoms. The van der Waals surface area contributed by atoms with Crippen LogP contribution >= 0.6 is 0 Å². The number of hydrogen-bond donors (Lipinski definition) is 2. The first-order chi connectivity index (χ1) is 14.9. The first kappa shape index (κ1) is 23.4. The van der Waals surface area contributed by atoms with Gasteiger partial charge in [0.2, 0.25) is 0 Å². The monoisotopic (exact) mass is 437 g/mol. The fourth-order valence-corrected chi connectivity index (χ4v) is 4.14. The van der Waals surface area contributed by atoms with Crippen molar-refractivity contribution in [3.05, 3.63) is 59.2 Å². The summed E-state index contributed by atoms with van der Waals surface area (Å²) in [5, 5.41) is 8.99. The predicted octanol–water partition coefficient (Wildman–Crippen LogP) is 4.97. The molecule has 0 heterocycles. The van der Waals surface area contributed by atoms with E-state index >= 15 is 0 Å². The number of nitrogens with two attached hydrogens (primary N) is 1. The first-order valence-corrected chi connectivity index (χ1v) is 10.8. The molecule has 0 radical (unpaired) electrons. The number of fused-ring (bicyclic) bond motifs is 1. The summed E-state index contributed by atoms with van der Waals surface area (Å²) in [6.07, 6.45) is 0.815. The van der Waals surface area contributed by atoms with Gasteiger partial charge in [0.1, 0.15) is 11.5 Å². The molecule has 0 fully saturated rings. The molecule has 0 bridgehead atoms. The fraction of sp³-hybridized carbons (Fsp3) is 0.500. The Kier molecular flexibility index (Phi) is 8.21. The smallest absolute Gasteiger partial charge is 0.493 e. The van der Waals surface area contributed by atoms with E-state index in [1.165, 1.54) is 34.9 Å². The number of aliphatic hydroxyl groups excluding tert-OH is 1. The Labute approximate surface area is 181 Å². The third-order valence-corrected chi connectivity index (χ3v) is 5.80. The lowest BCUT2D eigenvalue weighted by Crippen LogP contribution is -2.21. The van der Waals surface area contributed by atoms with Gasteiger partial charge in [-0.3, -0.25) is 0 Å². The Balaban J connectivity index is 1.56. The van der Waals surface area contributed by atoms with Crippen LogP contribution in [0.25, 0.3) is 0 Å². The van der Waals surface area contributed by atoms with E-state index in [4.69, 9.17) is 15.6 Å². The van der Waals surface area contributed by atoms with Gasteiger partial charge in [-0.25, -0.2) is 0 Å². The maximum Gasteiger partial charge on any atom is 0.573 e. The standard InChI is InChI=1S/C24H30F3NO3/c25-24(26,27)31-23-6-3-5-22(14-23)30-16-17-7-8-19-13-20(10-9-18(19)12-17)21(15-28)4-1-2-11-29/h3,5-6,9-10,13-14,17,21,29H,1-2,4,7-8,11-12,15-16,28H2/t17-,21+/m1/s1. The summed E-state index contributed by atoms with van der Waals surface area (Å²) in [4.78, 5) is 0. The van der Waals surface area contributed by atoms with Crippen molar-refractivity contribution in [2.75, 3.05) is 19.8 Å². The van der Waals surface area contributed by atoms with Crippen LogP contribution in [-0.4, -0.2) is 31.2 Å². The van der Waals surface area contributed by atoms with Gasteiger partial charge in [-0.1, -0.05) is 30.7 Å². The highest BCUT2D eigenvalue weighted by molar-refractivity contribution is 5.36. The average molecular weight is 438 g/mol. The van der Waals surface area contributed by atoms with Crippen LogP contribution in [0.15, 0.2) is 42.5 Å². The Bertz CT molecular complexity index is 841. The zero-order valence-corrected chi connectivity index (χ0v) is 17.5. The SMILES string of the molecule is NC[C@H](CCCCO)c1ccc2c(c1)CC[C@@H](COc1cccc(OC(F)(F)F)c1)C2. The molecule has 170 valence electrons. The number of unbranched alkanes of at least 4 members (excludes halogenated alkanes) is 1. The molecular weight excluding hydrogens is 407 g/mol. The second-order valence-corrected chi connectivity index (χ2v) is 8.12. The van der Waals surface area contributed by atoms with Crippen LogP contribution < -0.4 is 15.2 Å². The van der Waals surface area contributed by atoms with Crippen molar-refractivity contribution < 1.29 is 27.8 Å². The van der Waals surface area contributed by atoms with Crippen molar-refractivity contribution >= 4 is 0 Å². The van der Waals surface area contributed by atoms with Crippen LogP contribution in [0.4, 0.5) is 13.2 Å². The van der Waals surface area contributed by atoms with E-state index in [-0.39, 0.29) is 12.4 Å². The van der Waals surface area contributed by atoms with Crippen LogP contribution in [0, 0.1) is 5.92 Å². The largest absolute Gasteiger partial charge is 0.573 e. The molecule has 0 saturated carbocycles. The first-order valence-electron chi connectivity index (χ1n) is 10.8. The summed E-state index contributed by atoms with van der Waals surface area (Å²) in [6.45, 7) is 1.26. The van der Waals surface area contributed by atoms with Crippen LogP contribution in [0.5, 0.6) is 11.5 Å². The summed E-state index contributed by atoms with van der Waals surface area (Å²) in [5.41, 5.74) is 9.87. The van der Waals surface area contributed by atoms with Gasteiger partial charge in [0.15, 0.2) is 0 Å². The number of aryl methyl sites for hydroxylation is 1. The van der Waals surface area contributed by atoms with E-state index < -0.39 is 6.36 Å². The number of alkyl halides is 3. The molecular formula is C24H30F3NO3. The van der Waals surface area contributed by atoms with E-state index in [1.807, 2.05) is 0 Å². The molecule has 3 N–H and O–H groups in total. The van der Waals surface area contributed by atoms with Crippen molar-refractivity contribution in [1.82, 2.24) is 0 Å². The van der Waals surface area contributed by atoms with Gasteiger partial charge >= 0.3 is 6.36 Å². The number of halogens is 3. The maximum absolute atomic E-state index is 12.4. The number of hydrogen-bond acceptors (Lipinski definition) is 4. The quantitative estimate of drug-likeness (QED) is 0.515. The van der Waals surface area contributed by atoms with Crippen LogP contribution in [-0.2, 0) is 12.8 Å². The minimum Gasteiger partial charge on any atom is -0.493 e. The van der Waals surface area contributed by atoms with Crippen molar-refractivity contribution in [1.29, 1.82) is 0 Å². The fourth-order valence-electron chi connectivity index (χ4n) is 4.14. The van der Waals surface area contributed by atoms with E-state index in [0.717, 1.165) is 38.5 Å².